The molecule has 7 nitrogen and oxygen atoms in total. The Bertz CT molecular complexity index is 496. The quantitative estimate of drug-likeness (QED) is 0.785. The minimum Gasteiger partial charge on any atom is -0.481 e. The number of rotatable bonds is 4. The van der Waals surface area contributed by atoms with Crippen LogP contribution in [0.3, 0.4) is 0 Å². The number of nitrogens with zero attached hydrogens (tertiary/aromatic N) is 2. The predicted molar refractivity (Wildman–Crippen MR) is 57.7 cm³/mol. The number of aromatic nitrogens is 2. The topological polar surface area (TPSA) is 103 Å². The van der Waals surface area contributed by atoms with Crippen LogP contribution in [0.4, 0.5) is 0 Å². The second kappa shape index (κ2) is 4.46. The highest BCUT2D eigenvalue weighted by atomic mass is 32.2. The fourth-order valence-corrected chi connectivity index (χ4v) is 3.38. The summed E-state index contributed by atoms with van der Waals surface area (Å²) in [6.45, 7) is 0.618. The van der Waals surface area contributed by atoms with Crippen LogP contribution < -0.4 is 0 Å². The summed E-state index contributed by atoms with van der Waals surface area (Å²) in [7, 11) is -3.54. The third kappa shape index (κ3) is 2.47. The molecule has 8 heteroatoms. The zero-order valence-electron chi connectivity index (χ0n) is 9.04. The first-order chi connectivity index (χ1) is 8.00. The van der Waals surface area contributed by atoms with Crippen LogP contribution in [-0.2, 0) is 14.8 Å². The first-order valence-electron chi connectivity index (χ1n) is 5.20. The van der Waals surface area contributed by atoms with Crippen molar-refractivity contribution >= 4 is 16.0 Å². The fourth-order valence-electron chi connectivity index (χ4n) is 1.95. The summed E-state index contributed by atoms with van der Waals surface area (Å²) in [5.74, 6) is -0.999. The molecule has 1 fully saturated rings. The van der Waals surface area contributed by atoms with E-state index in [9.17, 15) is 13.2 Å². The molecule has 1 aromatic rings. The Morgan fingerprint density at radius 3 is 3.00 bits per heavy atom. The highest BCUT2D eigenvalue weighted by molar-refractivity contribution is 7.89. The van der Waals surface area contributed by atoms with Crippen molar-refractivity contribution in [3.63, 3.8) is 0 Å². The van der Waals surface area contributed by atoms with Crippen molar-refractivity contribution in [2.45, 2.75) is 17.9 Å². The third-order valence-corrected chi connectivity index (χ3v) is 4.59. The Hall–Kier alpha value is -1.41. The molecule has 17 heavy (non-hydrogen) atoms. The van der Waals surface area contributed by atoms with Gasteiger partial charge in [0.15, 0.2) is 5.03 Å². The molecular weight excluding hydrogens is 246 g/mol. The maximum absolute atomic E-state index is 12.0. The number of imidazole rings is 1. The molecule has 1 aliphatic rings. The molecule has 94 valence electrons. The van der Waals surface area contributed by atoms with E-state index in [0.29, 0.717) is 13.0 Å². The van der Waals surface area contributed by atoms with E-state index in [2.05, 4.69) is 9.97 Å². The number of hydrogen-bond acceptors (Lipinski definition) is 4. The average molecular weight is 259 g/mol. The van der Waals surface area contributed by atoms with E-state index in [4.69, 9.17) is 5.11 Å². The molecule has 0 aliphatic carbocycles. The minimum atomic E-state index is -3.54. The van der Waals surface area contributed by atoms with Gasteiger partial charge in [0, 0.05) is 19.5 Å². The van der Waals surface area contributed by atoms with Gasteiger partial charge in [-0.15, -0.1) is 0 Å². The Morgan fingerprint density at radius 1 is 1.65 bits per heavy atom. The summed E-state index contributed by atoms with van der Waals surface area (Å²) in [6.07, 6.45) is 3.15. The number of carboxylic acids is 1. The van der Waals surface area contributed by atoms with Gasteiger partial charge < -0.3 is 10.1 Å². The van der Waals surface area contributed by atoms with Gasteiger partial charge >= 0.3 is 5.97 Å². The van der Waals surface area contributed by atoms with E-state index in [1.54, 1.807) is 0 Å². The van der Waals surface area contributed by atoms with Crippen molar-refractivity contribution in [3.8, 4) is 0 Å². The molecular formula is C9H13N3O4S. The predicted octanol–water partition coefficient (Wildman–Crippen LogP) is -0.105. The molecule has 0 radical (unpaired) electrons. The lowest BCUT2D eigenvalue weighted by Gasteiger charge is -2.14. The van der Waals surface area contributed by atoms with Gasteiger partial charge in [-0.05, 0) is 12.3 Å². The molecule has 2 N–H and O–H groups in total. The number of aliphatic carboxylic acids is 1. The van der Waals surface area contributed by atoms with E-state index >= 15 is 0 Å². The number of hydrogen-bond donors (Lipinski definition) is 2. The van der Waals surface area contributed by atoms with Gasteiger partial charge in [-0.3, -0.25) is 4.79 Å². The maximum Gasteiger partial charge on any atom is 0.303 e. The van der Waals surface area contributed by atoms with Gasteiger partial charge in [0.2, 0.25) is 0 Å². The molecule has 0 saturated carbocycles. The van der Waals surface area contributed by atoms with E-state index in [1.807, 2.05) is 0 Å². The normalized spacial score (nSPS) is 21.8. The number of aromatic amines is 1. The van der Waals surface area contributed by atoms with Crippen molar-refractivity contribution in [1.29, 1.82) is 0 Å². The van der Waals surface area contributed by atoms with E-state index in [1.165, 1.54) is 16.8 Å². The molecule has 1 saturated heterocycles. The lowest BCUT2D eigenvalue weighted by Crippen LogP contribution is -2.29. The zero-order chi connectivity index (χ0) is 12.5. The molecule has 1 aliphatic heterocycles. The van der Waals surface area contributed by atoms with Crippen molar-refractivity contribution in [3.05, 3.63) is 12.5 Å². The Balaban J connectivity index is 2.08. The zero-order valence-corrected chi connectivity index (χ0v) is 9.85. The van der Waals surface area contributed by atoms with Crippen LogP contribution in [0, 0.1) is 5.92 Å². The SMILES string of the molecule is O=C(O)CC1CCN(S(=O)(=O)c2cnc[nH]2)C1. The molecule has 1 atom stereocenters. The summed E-state index contributed by atoms with van der Waals surface area (Å²) in [5, 5.41) is 8.71. The number of sulfonamides is 1. The summed E-state index contributed by atoms with van der Waals surface area (Å²) in [4.78, 5) is 16.8. The Morgan fingerprint density at radius 2 is 2.41 bits per heavy atom. The van der Waals surface area contributed by atoms with Crippen molar-refractivity contribution in [1.82, 2.24) is 14.3 Å². The molecule has 2 rings (SSSR count). The van der Waals surface area contributed by atoms with Gasteiger partial charge in [0.1, 0.15) is 0 Å². The van der Waals surface area contributed by atoms with Gasteiger partial charge in [0.05, 0.1) is 12.5 Å². The van der Waals surface area contributed by atoms with Crippen LogP contribution in [0.2, 0.25) is 0 Å². The van der Waals surface area contributed by atoms with Crippen LogP contribution >= 0.6 is 0 Å². The summed E-state index contributed by atoms with van der Waals surface area (Å²) >= 11 is 0. The summed E-state index contributed by atoms with van der Waals surface area (Å²) in [5.41, 5.74) is 0. The van der Waals surface area contributed by atoms with Crippen molar-refractivity contribution in [2.24, 2.45) is 5.92 Å². The molecule has 0 aromatic carbocycles. The van der Waals surface area contributed by atoms with Crippen LogP contribution in [0.1, 0.15) is 12.8 Å². The van der Waals surface area contributed by atoms with E-state index in [0.717, 1.165) is 0 Å². The number of carbonyl (C=O) groups is 1. The third-order valence-electron chi connectivity index (χ3n) is 2.80. The van der Waals surface area contributed by atoms with E-state index in [-0.39, 0.29) is 23.9 Å². The summed E-state index contributed by atoms with van der Waals surface area (Å²) in [6, 6.07) is 0. The highest BCUT2D eigenvalue weighted by Gasteiger charge is 2.34. The Kier molecular flexibility index (Phi) is 3.16. The first-order valence-corrected chi connectivity index (χ1v) is 6.64. The standard InChI is InChI=1S/C9H13N3O4S/c13-9(14)3-7-1-2-12(5-7)17(15,16)8-4-10-6-11-8/h4,6-7H,1-3,5H2,(H,10,11)(H,13,14). The monoisotopic (exact) mass is 259 g/mol. The lowest BCUT2D eigenvalue weighted by molar-refractivity contribution is -0.137. The molecule has 1 unspecified atom stereocenters. The fraction of sp³-hybridized carbons (Fsp3) is 0.556. The largest absolute Gasteiger partial charge is 0.481 e. The Labute approximate surface area is 98.5 Å². The van der Waals surface area contributed by atoms with Crippen LogP contribution in [-0.4, -0.2) is 46.9 Å². The molecule has 0 amide bonds. The van der Waals surface area contributed by atoms with Crippen LogP contribution in [0.25, 0.3) is 0 Å². The molecule has 0 spiro atoms. The highest BCUT2D eigenvalue weighted by Crippen LogP contribution is 2.24. The molecule has 1 aromatic heterocycles. The lowest BCUT2D eigenvalue weighted by atomic mass is 10.1. The maximum atomic E-state index is 12.0. The van der Waals surface area contributed by atoms with Crippen molar-refractivity contribution in [2.75, 3.05) is 13.1 Å². The first kappa shape index (κ1) is 12.1. The van der Waals surface area contributed by atoms with E-state index < -0.39 is 16.0 Å². The second-order valence-corrected chi connectivity index (χ2v) is 5.94. The number of nitrogens with one attached hydrogen (secondary N) is 1. The smallest absolute Gasteiger partial charge is 0.303 e. The second-order valence-electron chi connectivity index (χ2n) is 4.03. The van der Waals surface area contributed by atoms with Gasteiger partial charge in [-0.25, -0.2) is 13.4 Å². The number of carboxylic acid groups (broad SMARTS) is 1. The molecule has 0 bridgehead atoms. The summed E-state index contributed by atoms with van der Waals surface area (Å²) < 4.78 is 25.4. The van der Waals surface area contributed by atoms with Gasteiger partial charge in [-0.2, -0.15) is 4.31 Å². The average Bonchev–Trinajstić information content (AvgIpc) is 2.85. The van der Waals surface area contributed by atoms with Gasteiger partial charge in [0.25, 0.3) is 10.0 Å². The van der Waals surface area contributed by atoms with Crippen molar-refractivity contribution < 1.29 is 18.3 Å². The molecule has 2 heterocycles. The van der Waals surface area contributed by atoms with Crippen LogP contribution in [0.5, 0.6) is 0 Å². The number of H-pyrrole nitrogens is 1. The van der Waals surface area contributed by atoms with Gasteiger partial charge in [-0.1, -0.05) is 0 Å². The minimum absolute atomic E-state index is 0.00892. The van der Waals surface area contributed by atoms with Crippen LogP contribution in [0.15, 0.2) is 17.6 Å².